The SMILES string of the molecule is CC(C)(C)OC(=O)N[C@@H](Cc1ccc(OS(=O)(=O)C(F)(F)F)cc1)[C@@H]1CO1.COC(=O)N[C@H](C(=O)NN(Cc1ccc(OC)cc1)C[C@H](O)[C@H](Cc1ccc(-c2ccncc2)cc1)NC(=O)O[C@H]1CO[C@H]2OCC[C@H]21)C(C)(C)C. The molecule has 3 fully saturated rings. The number of aromatic nitrogens is 1. The monoisotopic (exact) mass is 1130 g/mol. The number of carbonyl (C=O) groups excluding carboxylic acids is 4. The van der Waals surface area contributed by atoms with E-state index in [0.717, 1.165) is 40.8 Å². The molecule has 4 heterocycles. The number of fused-ring (bicyclic) bond motifs is 1. The molecule has 4 aromatic rings. The molecule has 8 atom stereocenters. The van der Waals surface area contributed by atoms with E-state index in [0.29, 0.717) is 30.9 Å². The minimum Gasteiger partial charge on any atom is -0.497 e. The van der Waals surface area contributed by atoms with Crippen LogP contribution in [0.25, 0.3) is 11.1 Å². The number of carbonyl (C=O) groups is 4. The Balaban J connectivity index is 0.000000314. The van der Waals surface area contributed by atoms with E-state index in [4.69, 9.17) is 33.2 Å². The summed E-state index contributed by atoms with van der Waals surface area (Å²) >= 11 is 0. The lowest BCUT2D eigenvalue weighted by Gasteiger charge is -2.34. The highest BCUT2D eigenvalue weighted by Crippen LogP contribution is 2.33. The minimum atomic E-state index is -5.72. The molecule has 432 valence electrons. The molecule has 79 heavy (non-hydrogen) atoms. The van der Waals surface area contributed by atoms with Gasteiger partial charge in [0.2, 0.25) is 0 Å². The Kier molecular flexibility index (Phi) is 20.9. The number of hydrazine groups is 1. The fraction of sp³-hybridized carbons (Fsp3) is 0.500. The van der Waals surface area contributed by atoms with Crippen molar-refractivity contribution in [3.8, 4) is 22.6 Å². The third kappa shape index (κ3) is 18.9. The molecule has 5 N–H and O–H groups in total. The summed E-state index contributed by atoms with van der Waals surface area (Å²) < 4.78 is 101. The number of nitrogens with zero attached hydrogens (tertiary/aromatic N) is 2. The van der Waals surface area contributed by atoms with Gasteiger partial charge in [0.15, 0.2) is 6.29 Å². The van der Waals surface area contributed by atoms with Gasteiger partial charge in [-0.25, -0.2) is 19.4 Å². The molecule has 0 saturated carbocycles. The zero-order valence-electron chi connectivity index (χ0n) is 45.1. The van der Waals surface area contributed by atoms with Gasteiger partial charge in [-0.3, -0.25) is 15.2 Å². The van der Waals surface area contributed by atoms with Crippen LogP contribution < -0.4 is 30.3 Å². The van der Waals surface area contributed by atoms with Gasteiger partial charge in [0, 0.05) is 25.5 Å². The highest BCUT2D eigenvalue weighted by molar-refractivity contribution is 7.88. The number of aliphatic hydroxyl groups excluding tert-OH is 1. The van der Waals surface area contributed by atoms with Crippen LogP contribution in [0.15, 0.2) is 97.3 Å². The fourth-order valence-corrected chi connectivity index (χ4v) is 8.90. The number of epoxide rings is 1. The maximum Gasteiger partial charge on any atom is 0.534 e. The summed E-state index contributed by atoms with van der Waals surface area (Å²) in [7, 11) is -2.92. The molecular weight excluding hydrogens is 1060 g/mol. The maximum atomic E-state index is 13.8. The number of nitrogens with one attached hydrogen (secondary N) is 4. The molecule has 3 aromatic carbocycles. The molecule has 0 aliphatic carbocycles. The Hall–Kier alpha value is -6.77. The number of ether oxygens (including phenoxy) is 7. The van der Waals surface area contributed by atoms with E-state index in [1.54, 1.807) is 57.4 Å². The Morgan fingerprint density at radius 3 is 1.92 bits per heavy atom. The number of methoxy groups -OCH3 is 2. The first-order valence-corrected chi connectivity index (χ1v) is 26.7. The van der Waals surface area contributed by atoms with Gasteiger partial charge < -0.3 is 58.4 Å². The van der Waals surface area contributed by atoms with Crippen molar-refractivity contribution in [2.24, 2.45) is 11.3 Å². The second-order valence-corrected chi connectivity index (χ2v) is 22.6. The molecule has 1 aromatic heterocycles. The number of amides is 4. The average Bonchev–Trinajstić information content (AvgIpc) is 4.08. The smallest absolute Gasteiger partial charge is 0.497 e. The van der Waals surface area contributed by atoms with Gasteiger partial charge in [-0.1, -0.05) is 69.3 Å². The number of hydrogen-bond donors (Lipinski definition) is 5. The first kappa shape index (κ1) is 61.4. The van der Waals surface area contributed by atoms with Gasteiger partial charge in [0.1, 0.15) is 35.3 Å². The fourth-order valence-electron chi connectivity index (χ4n) is 8.44. The van der Waals surface area contributed by atoms with Crippen molar-refractivity contribution in [2.45, 2.75) is 121 Å². The molecule has 0 radical (unpaired) electrons. The van der Waals surface area contributed by atoms with Gasteiger partial charge in [0.25, 0.3) is 5.91 Å². The van der Waals surface area contributed by atoms with Crippen LogP contribution in [-0.4, -0.2) is 142 Å². The van der Waals surface area contributed by atoms with Crippen molar-refractivity contribution in [3.05, 3.63) is 114 Å². The van der Waals surface area contributed by atoms with Crippen LogP contribution in [0.4, 0.5) is 27.6 Å². The number of halogens is 3. The summed E-state index contributed by atoms with van der Waals surface area (Å²) in [5.41, 5.74) is 0.353. The number of rotatable bonds is 20. The first-order valence-electron chi connectivity index (χ1n) is 25.3. The number of pyridine rings is 1. The van der Waals surface area contributed by atoms with Gasteiger partial charge in [-0.2, -0.15) is 21.6 Å². The van der Waals surface area contributed by atoms with Gasteiger partial charge >= 0.3 is 33.9 Å². The number of hydrogen-bond acceptors (Lipinski definition) is 17. The topological polar surface area (TPSA) is 264 Å². The maximum absolute atomic E-state index is 13.8. The van der Waals surface area contributed by atoms with Crippen molar-refractivity contribution in [1.82, 2.24) is 31.4 Å². The lowest BCUT2D eigenvalue weighted by atomic mass is 9.86. The largest absolute Gasteiger partial charge is 0.534 e. The summed E-state index contributed by atoms with van der Waals surface area (Å²) in [6.07, 6.45) is 0.423. The molecule has 3 aliphatic rings. The Labute approximate surface area is 457 Å². The summed E-state index contributed by atoms with van der Waals surface area (Å²) in [4.78, 5) is 55.3. The predicted molar refractivity (Wildman–Crippen MR) is 279 cm³/mol. The van der Waals surface area contributed by atoms with E-state index in [2.05, 4.69) is 30.5 Å². The first-order chi connectivity index (χ1) is 37.2. The molecule has 25 heteroatoms. The minimum absolute atomic E-state index is 0.0561. The molecule has 3 saturated heterocycles. The Morgan fingerprint density at radius 1 is 0.747 bits per heavy atom. The van der Waals surface area contributed by atoms with Crippen LogP contribution in [0.2, 0.25) is 0 Å². The molecule has 21 nitrogen and oxygen atoms in total. The second kappa shape index (κ2) is 26.9. The van der Waals surface area contributed by atoms with Crippen LogP contribution >= 0.6 is 0 Å². The van der Waals surface area contributed by atoms with Gasteiger partial charge in [-0.15, -0.1) is 0 Å². The van der Waals surface area contributed by atoms with E-state index < -0.39 is 86.9 Å². The number of alkyl carbamates (subject to hydrolysis) is 3. The van der Waals surface area contributed by atoms with Crippen molar-refractivity contribution < 1.29 is 83.2 Å². The molecule has 4 amide bonds. The second-order valence-electron chi connectivity index (χ2n) is 21.0. The van der Waals surface area contributed by atoms with E-state index in [1.807, 2.05) is 69.3 Å². The van der Waals surface area contributed by atoms with E-state index in [1.165, 1.54) is 19.2 Å². The highest BCUT2D eigenvalue weighted by Gasteiger charge is 2.49. The standard InChI is InChI=1S/C38H49N5O9.C16H20F3NO6S/c1-38(2,3)33(41-36(46)49-5)34(45)42-43(21-25-8-12-28(48-4)13-9-25)22-31(44)30(40-37(47)52-32-23-51-35-29(32)16-19-50-35)20-24-6-10-26(11-7-24)27-14-17-39-18-15-27;1-15(2,3)25-14(21)20-12(13-9-24-13)8-10-4-6-11(7-5-10)26-27(22,23)16(17,18)19/h6-15,17-18,29-33,35,44H,16,19-23H2,1-5H3,(H,40,47)(H,41,46)(H,42,45);4-7,12-13H,8-9H2,1-3H3,(H,20,21)/t29-,30-,31-,32-,33+,35+;12-,13-/m00/s1. The van der Waals surface area contributed by atoms with E-state index in [9.17, 15) is 45.9 Å². The summed E-state index contributed by atoms with van der Waals surface area (Å²) in [6, 6.07) is 21.8. The van der Waals surface area contributed by atoms with E-state index >= 15 is 0 Å². The molecule has 0 spiro atoms. The van der Waals surface area contributed by atoms with Gasteiger partial charge in [-0.05, 0) is 110 Å². The van der Waals surface area contributed by atoms with Crippen LogP contribution in [0.3, 0.4) is 0 Å². The van der Waals surface area contributed by atoms with Crippen molar-refractivity contribution in [2.75, 3.05) is 40.6 Å². The van der Waals surface area contributed by atoms with Crippen LogP contribution in [0.1, 0.15) is 64.7 Å². The average molecular weight is 1130 g/mol. The Bertz CT molecular complexity index is 2750. The molecule has 0 unspecified atom stereocenters. The molecular formula is C54H69F3N6O15S. The van der Waals surface area contributed by atoms with Crippen molar-refractivity contribution in [1.29, 1.82) is 0 Å². The molecule has 0 bridgehead atoms. The lowest BCUT2D eigenvalue weighted by Crippen LogP contribution is -2.59. The highest BCUT2D eigenvalue weighted by atomic mass is 32.2. The van der Waals surface area contributed by atoms with Gasteiger partial charge in [0.05, 0.1) is 58.1 Å². The normalized spacial score (nSPS) is 19.5. The zero-order chi connectivity index (χ0) is 57.7. The Morgan fingerprint density at radius 2 is 1.34 bits per heavy atom. The lowest BCUT2D eigenvalue weighted by molar-refractivity contribution is -0.131. The van der Waals surface area contributed by atoms with Crippen LogP contribution in [0.5, 0.6) is 11.5 Å². The van der Waals surface area contributed by atoms with E-state index in [-0.39, 0.29) is 44.4 Å². The third-order valence-electron chi connectivity index (χ3n) is 12.6. The summed E-state index contributed by atoms with van der Waals surface area (Å²) in [5.74, 6) is -0.367. The van der Waals surface area contributed by atoms with Crippen molar-refractivity contribution >= 4 is 34.3 Å². The van der Waals surface area contributed by atoms with Crippen LogP contribution in [-0.2, 0) is 62.7 Å². The number of alkyl halides is 3. The third-order valence-corrected chi connectivity index (χ3v) is 13.6. The zero-order valence-corrected chi connectivity index (χ0v) is 45.9. The quantitative estimate of drug-likeness (QED) is 0.0206. The number of benzene rings is 3. The summed E-state index contributed by atoms with van der Waals surface area (Å²) in [5, 5.41) is 21.6. The number of aliphatic hydroxyl groups is 1. The predicted octanol–water partition coefficient (Wildman–Crippen LogP) is 6.57. The summed E-state index contributed by atoms with van der Waals surface area (Å²) in [6.45, 7) is 11.9. The van der Waals surface area contributed by atoms with Crippen molar-refractivity contribution in [3.63, 3.8) is 0 Å². The van der Waals surface area contributed by atoms with Crippen LogP contribution in [0, 0.1) is 11.3 Å². The molecule has 7 rings (SSSR count). The molecule has 3 aliphatic heterocycles.